The van der Waals surface area contributed by atoms with Gasteiger partial charge in [0.05, 0.1) is 20.3 Å². The van der Waals surface area contributed by atoms with Crippen LogP contribution >= 0.6 is 0 Å². The van der Waals surface area contributed by atoms with Crippen LogP contribution in [0.3, 0.4) is 0 Å². The normalized spacial score (nSPS) is 14.8. The Kier molecular flexibility index (Phi) is 9.67. The summed E-state index contributed by atoms with van der Waals surface area (Å²) in [4.78, 5) is 17.0. The molecule has 3 rings (SSSR count). The van der Waals surface area contributed by atoms with Gasteiger partial charge in [0, 0.05) is 32.6 Å². The minimum atomic E-state index is 0.243. The van der Waals surface area contributed by atoms with Crippen molar-refractivity contribution in [3.05, 3.63) is 60.2 Å². The average Bonchev–Trinajstić information content (AvgIpc) is 3.06. The number of carbonyl (C=O) groups is 1. The van der Waals surface area contributed by atoms with E-state index in [2.05, 4.69) is 4.90 Å². The Morgan fingerprint density at radius 3 is 2.45 bits per heavy atom. The van der Waals surface area contributed by atoms with Crippen LogP contribution in [0.4, 0.5) is 0 Å². The lowest BCUT2D eigenvalue weighted by Gasteiger charge is -2.22. The lowest BCUT2D eigenvalue weighted by Crippen LogP contribution is -2.36. The zero-order valence-corrected chi connectivity index (χ0v) is 18.5. The van der Waals surface area contributed by atoms with Crippen LogP contribution in [0.15, 0.2) is 54.6 Å². The van der Waals surface area contributed by atoms with E-state index in [0.29, 0.717) is 26.2 Å². The number of hydrogen-bond donors (Lipinski definition) is 0. The molecular weight excluding hydrogens is 392 g/mol. The van der Waals surface area contributed by atoms with Gasteiger partial charge in [-0.3, -0.25) is 9.69 Å². The Morgan fingerprint density at radius 1 is 0.871 bits per heavy atom. The zero-order valence-electron chi connectivity index (χ0n) is 18.5. The van der Waals surface area contributed by atoms with Crippen molar-refractivity contribution in [1.29, 1.82) is 0 Å². The summed E-state index contributed by atoms with van der Waals surface area (Å²) in [5.74, 6) is 1.96. The highest BCUT2D eigenvalue weighted by Gasteiger charge is 2.18. The molecule has 1 fully saturated rings. The van der Waals surface area contributed by atoms with Gasteiger partial charge in [-0.2, -0.15) is 0 Å². The summed E-state index contributed by atoms with van der Waals surface area (Å²) in [6.45, 7) is 6.24. The standard InChI is InChI=1S/C25H34N2O4/c1-29-23-11-8-22(9-12-23)10-13-25(28)27-15-5-14-26(16-17-27)18-19-30-20-21-31-24-6-3-2-4-7-24/h2-4,6-9,11-12H,5,10,13-21H2,1H3. The van der Waals surface area contributed by atoms with E-state index in [1.54, 1.807) is 7.11 Å². The van der Waals surface area contributed by atoms with Gasteiger partial charge < -0.3 is 19.1 Å². The summed E-state index contributed by atoms with van der Waals surface area (Å²) >= 11 is 0. The second kappa shape index (κ2) is 13.0. The summed E-state index contributed by atoms with van der Waals surface area (Å²) < 4.78 is 16.5. The molecule has 2 aromatic rings. The van der Waals surface area contributed by atoms with Crippen molar-refractivity contribution in [1.82, 2.24) is 9.80 Å². The highest BCUT2D eigenvalue weighted by Crippen LogP contribution is 2.14. The third-order valence-corrected chi connectivity index (χ3v) is 5.52. The minimum Gasteiger partial charge on any atom is -0.497 e. The molecule has 0 spiro atoms. The van der Waals surface area contributed by atoms with Gasteiger partial charge in [-0.05, 0) is 49.2 Å². The number of ether oxygens (including phenoxy) is 3. The van der Waals surface area contributed by atoms with Crippen LogP contribution in [0.5, 0.6) is 11.5 Å². The topological polar surface area (TPSA) is 51.2 Å². The maximum atomic E-state index is 12.6. The van der Waals surface area contributed by atoms with Crippen LogP contribution in [0.25, 0.3) is 0 Å². The quantitative estimate of drug-likeness (QED) is 0.516. The third-order valence-electron chi connectivity index (χ3n) is 5.52. The van der Waals surface area contributed by atoms with Crippen LogP contribution in [0.1, 0.15) is 18.4 Å². The SMILES string of the molecule is COc1ccc(CCC(=O)N2CCCN(CCOCCOc3ccccc3)CC2)cc1. The van der Waals surface area contributed by atoms with Gasteiger partial charge in [0.25, 0.3) is 0 Å². The molecule has 0 unspecified atom stereocenters. The van der Waals surface area contributed by atoms with Crippen LogP contribution in [0, 0.1) is 0 Å². The van der Waals surface area contributed by atoms with Gasteiger partial charge >= 0.3 is 0 Å². The Hall–Kier alpha value is -2.57. The highest BCUT2D eigenvalue weighted by molar-refractivity contribution is 5.76. The van der Waals surface area contributed by atoms with E-state index < -0.39 is 0 Å². The molecule has 1 saturated heterocycles. The van der Waals surface area contributed by atoms with Crippen molar-refractivity contribution in [3.63, 3.8) is 0 Å². The Morgan fingerprint density at radius 2 is 1.68 bits per heavy atom. The smallest absolute Gasteiger partial charge is 0.222 e. The maximum absolute atomic E-state index is 12.6. The highest BCUT2D eigenvalue weighted by atomic mass is 16.5. The van der Waals surface area contributed by atoms with E-state index in [-0.39, 0.29) is 5.91 Å². The number of amides is 1. The van der Waals surface area contributed by atoms with E-state index in [1.807, 2.05) is 59.5 Å². The van der Waals surface area contributed by atoms with E-state index >= 15 is 0 Å². The van der Waals surface area contributed by atoms with Gasteiger partial charge in [0.2, 0.25) is 5.91 Å². The third kappa shape index (κ3) is 8.23. The zero-order chi connectivity index (χ0) is 21.7. The van der Waals surface area contributed by atoms with Crippen molar-refractivity contribution >= 4 is 5.91 Å². The number of rotatable bonds is 11. The molecule has 0 bridgehead atoms. The molecule has 1 heterocycles. The second-order valence-electron chi connectivity index (χ2n) is 7.70. The molecule has 6 heteroatoms. The predicted octanol–water partition coefficient (Wildman–Crippen LogP) is 3.26. The first kappa shape index (κ1) is 23.1. The first-order valence-electron chi connectivity index (χ1n) is 11.1. The van der Waals surface area contributed by atoms with Crippen molar-refractivity contribution in [2.24, 2.45) is 0 Å². The Bertz CT molecular complexity index is 767. The van der Waals surface area contributed by atoms with E-state index in [1.165, 1.54) is 5.56 Å². The van der Waals surface area contributed by atoms with E-state index in [4.69, 9.17) is 14.2 Å². The number of hydrogen-bond acceptors (Lipinski definition) is 5. The fraction of sp³-hybridized carbons (Fsp3) is 0.480. The molecule has 0 N–H and O–H groups in total. The average molecular weight is 427 g/mol. The summed E-state index contributed by atoms with van der Waals surface area (Å²) in [7, 11) is 1.66. The Labute approximate surface area is 185 Å². The van der Waals surface area contributed by atoms with Crippen molar-refractivity contribution < 1.29 is 19.0 Å². The minimum absolute atomic E-state index is 0.243. The largest absolute Gasteiger partial charge is 0.497 e. The van der Waals surface area contributed by atoms with Gasteiger partial charge in [-0.1, -0.05) is 30.3 Å². The van der Waals surface area contributed by atoms with Crippen LogP contribution in [-0.2, 0) is 16.0 Å². The molecule has 0 atom stereocenters. The number of aryl methyl sites for hydroxylation is 1. The van der Waals surface area contributed by atoms with Crippen molar-refractivity contribution in [3.8, 4) is 11.5 Å². The fourth-order valence-electron chi connectivity index (χ4n) is 3.68. The maximum Gasteiger partial charge on any atom is 0.222 e. The van der Waals surface area contributed by atoms with Crippen molar-refractivity contribution in [2.45, 2.75) is 19.3 Å². The van der Waals surface area contributed by atoms with E-state index in [9.17, 15) is 4.79 Å². The monoisotopic (exact) mass is 426 g/mol. The summed E-state index contributed by atoms with van der Waals surface area (Å²) in [5, 5.41) is 0. The fourth-order valence-corrected chi connectivity index (χ4v) is 3.68. The van der Waals surface area contributed by atoms with Crippen LogP contribution < -0.4 is 9.47 Å². The van der Waals surface area contributed by atoms with Gasteiger partial charge in [-0.15, -0.1) is 0 Å². The van der Waals surface area contributed by atoms with Crippen LogP contribution in [0.2, 0.25) is 0 Å². The van der Waals surface area contributed by atoms with Gasteiger partial charge in [0.1, 0.15) is 18.1 Å². The first-order chi connectivity index (χ1) is 15.2. The molecule has 168 valence electrons. The van der Waals surface area contributed by atoms with Gasteiger partial charge in [0.15, 0.2) is 0 Å². The van der Waals surface area contributed by atoms with Crippen molar-refractivity contribution in [2.75, 3.05) is 59.7 Å². The predicted molar refractivity (Wildman–Crippen MR) is 122 cm³/mol. The lowest BCUT2D eigenvalue weighted by molar-refractivity contribution is -0.131. The summed E-state index contributed by atoms with van der Waals surface area (Å²) in [5.41, 5.74) is 1.17. The molecule has 1 aliphatic heterocycles. The van der Waals surface area contributed by atoms with E-state index in [0.717, 1.165) is 57.1 Å². The molecular formula is C25H34N2O4. The number of benzene rings is 2. The Balaban J connectivity index is 1.28. The van der Waals surface area contributed by atoms with Crippen LogP contribution in [-0.4, -0.2) is 75.4 Å². The summed E-state index contributed by atoms with van der Waals surface area (Å²) in [6, 6.07) is 17.7. The lowest BCUT2D eigenvalue weighted by atomic mass is 10.1. The number of nitrogens with zero attached hydrogens (tertiary/aromatic N) is 2. The van der Waals surface area contributed by atoms with Gasteiger partial charge in [-0.25, -0.2) is 0 Å². The molecule has 0 saturated carbocycles. The molecule has 0 radical (unpaired) electrons. The molecule has 6 nitrogen and oxygen atoms in total. The number of carbonyl (C=O) groups excluding carboxylic acids is 1. The summed E-state index contributed by atoms with van der Waals surface area (Å²) in [6.07, 6.45) is 2.32. The number of para-hydroxylation sites is 1. The molecule has 1 aliphatic rings. The first-order valence-corrected chi connectivity index (χ1v) is 11.1. The molecule has 1 amide bonds. The molecule has 0 aliphatic carbocycles. The molecule has 0 aromatic heterocycles. The molecule has 31 heavy (non-hydrogen) atoms. The number of methoxy groups -OCH3 is 1. The molecule has 2 aromatic carbocycles. The second-order valence-corrected chi connectivity index (χ2v) is 7.70.